The first-order chi connectivity index (χ1) is 15.3. The SMILES string of the molecule is CNC(=O)c1c(OCc2ccccc2)c(=O)cc(CN(c2ccccc2C)S(=O)O)n1C. The van der Waals surface area contributed by atoms with Crippen molar-refractivity contribution in [1.82, 2.24) is 9.88 Å². The number of para-hydroxylation sites is 1. The molecule has 0 saturated carbocycles. The van der Waals surface area contributed by atoms with Gasteiger partial charge in [0.25, 0.3) is 17.2 Å². The number of hydrogen-bond donors (Lipinski definition) is 2. The molecule has 1 heterocycles. The van der Waals surface area contributed by atoms with E-state index in [1.807, 2.05) is 49.4 Å². The first-order valence-electron chi connectivity index (χ1n) is 9.89. The van der Waals surface area contributed by atoms with Gasteiger partial charge in [-0.2, -0.15) is 0 Å². The maximum atomic E-state index is 12.9. The molecule has 0 saturated heterocycles. The van der Waals surface area contributed by atoms with Crippen molar-refractivity contribution in [3.63, 3.8) is 0 Å². The predicted octanol–water partition coefficient (Wildman–Crippen LogP) is 2.78. The fourth-order valence-electron chi connectivity index (χ4n) is 3.34. The summed E-state index contributed by atoms with van der Waals surface area (Å²) in [5.41, 5.74) is 2.13. The van der Waals surface area contributed by atoms with Gasteiger partial charge in [-0.25, -0.2) is 4.21 Å². The molecule has 1 amide bonds. The molecule has 1 aromatic heterocycles. The summed E-state index contributed by atoms with van der Waals surface area (Å²) in [4.78, 5) is 25.6. The quantitative estimate of drug-likeness (QED) is 0.509. The first-order valence-corrected chi connectivity index (χ1v) is 11.0. The van der Waals surface area contributed by atoms with E-state index in [-0.39, 0.29) is 24.6 Å². The van der Waals surface area contributed by atoms with Gasteiger partial charge in [-0.3, -0.25) is 18.4 Å². The van der Waals surface area contributed by atoms with Crippen molar-refractivity contribution in [1.29, 1.82) is 0 Å². The smallest absolute Gasteiger partial charge is 0.271 e. The molecule has 0 fully saturated rings. The van der Waals surface area contributed by atoms with Crippen LogP contribution < -0.4 is 19.8 Å². The second kappa shape index (κ2) is 10.3. The Labute approximate surface area is 188 Å². The van der Waals surface area contributed by atoms with Gasteiger partial charge in [0.15, 0.2) is 11.4 Å². The van der Waals surface area contributed by atoms with Crippen molar-refractivity contribution >= 4 is 22.9 Å². The number of rotatable bonds is 8. The van der Waals surface area contributed by atoms with Gasteiger partial charge in [-0.15, -0.1) is 0 Å². The summed E-state index contributed by atoms with van der Waals surface area (Å²) in [6.07, 6.45) is 0. The molecule has 3 rings (SSSR count). The number of benzene rings is 2. The first kappa shape index (κ1) is 23.2. The number of carbonyl (C=O) groups is 1. The fourth-order valence-corrected chi connectivity index (χ4v) is 3.95. The van der Waals surface area contributed by atoms with Crippen LogP contribution in [0.5, 0.6) is 5.75 Å². The lowest BCUT2D eigenvalue weighted by Crippen LogP contribution is -2.32. The lowest BCUT2D eigenvalue weighted by molar-refractivity contribution is 0.0948. The van der Waals surface area contributed by atoms with Crippen molar-refractivity contribution in [2.45, 2.75) is 20.1 Å². The Balaban J connectivity index is 2.03. The number of carbonyl (C=O) groups excluding carboxylic acids is 1. The van der Waals surface area contributed by atoms with Gasteiger partial charge < -0.3 is 14.6 Å². The van der Waals surface area contributed by atoms with Gasteiger partial charge >= 0.3 is 0 Å². The summed E-state index contributed by atoms with van der Waals surface area (Å²) in [6, 6.07) is 17.8. The monoisotopic (exact) mass is 455 g/mol. The van der Waals surface area contributed by atoms with E-state index in [9.17, 15) is 18.4 Å². The van der Waals surface area contributed by atoms with Crippen molar-refractivity contribution in [3.8, 4) is 5.75 Å². The second-order valence-corrected chi connectivity index (χ2v) is 8.05. The number of amides is 1. The van der Waals surface area contributed by atoms with Crippen LogP contribution in [0.3, 0.4) is 0 Å². The zero-order chi connectivity index (χ0) is 23.3. The Morgan fingerprint density at radius 3 is 2.44 bits per heavy atom. The number of aryl methyl sites for hydroxylation is 1. The average molecular weight is 456 g/mol. The predicted molar refractivity (Wildman–Crippen MR) is 124 cm³/mol. The van der Waals surface area contributed by atoms with Crippen LogP contribution in [0.25, 0.3) is 0 Å². The Kier molecular flexibility index (Phi) is 7.45. The van der Waals surface area contributed by atoms with Crippen molar-refractivity contribution in [3.05, 3.63) is 93.4 Å². The zero-order valence-electron chi connectivity index (χ0n) is 18.1. The Bertz CT molecular complexity index is 1190. The zero-order valence-corrected chi connectivity index (χ0v) is 18.9. The van der Waals surface area contributed by atoms with Crippen molar-refractivity contribution in [2.24, 2.45) is 7.05 Å². The molecule has 3 aromatic rings. The maximum Gasteiger partial charge on any atom is 0.271 e. The molecule has 0 aliphatic rings. The number of pyridine rings is 1. The number of ether oxygens (including phenoxy) is 1. The highest BCUT2D eigenvalue weighted by atomic mass is 32.2. The third-order valence-corrected chi connectivity index (χ3v) is 5.75. The summed E-state index contributed by atoms with van der Waals surface area (Å²) >= 11 is -2.35. The van der Waals surface area contributed by atoms with Gasteiger partial charge in [-0.05, 0) is 24.1 Å². The Morgan fingerprint density at radius 1 is 1.16 bits per heavy atom. The summed E-state index contributed by atoms with van der Waals surface area (Å²) in [7, 11) is 3.08. The molecule has 0 aliphatic heterocycles. The minimum absolute atomic E-state index is 0.0411. The van der Waals surface area contributed by atoms with E-state index in [0.29, 0.717) is 11.4 Å². The number of nitrogens with zero attached hydrogens (tertiary/aromatic N) is 2. The molecule has 9 heteroatoms. The van der Waals surface area contributed by atoms with Gasteiger partial charge in [-0.1, -0.05) is 48.5 Å². The molecule has 1 atom stereocenters. The Hall–Kier alpha value is -3.43. The van der Waals surface area contributed by atoms with Crippen LogP contribution in [0, 0.1) is 6.92 Å². The van der Waals surface area contributed by atoms with Crippen LogP contribution in [-0.2, 0) is 31.5 Å². The van der Waals surface area contributed by atoms with Gasteiger partial charge in [0.05, 0.1) is 12.2 Å². The molecule has 2 aromatic carbocycles. The average Bonchev–Trinajstić information content (AvgIpc) is 2.79. The molecule has 32 heavy (non-hydrogen) atoms. The van der Waals surface area contributed by atoms with Gasteiger partial charge in [0, 0.05) is 25.9 Å². The molecule has 0 bridgehead atoms. The van der Waals surface area contributed by atoms with Crippen molar-refractivity contribution < 1.29 is 18.3 Å². The van der Waals surface area contributed by atoms with E-state index in [4.69, 9.17) is 4.74 Å². The van der Waals surface area contributed by atoms with E-state index in [1.54, 1.807) is 19.2 Å². The fraction of sp³-hybridized carbons (Fsp3) is 0.217. The van der Waals surface area contributed by atoms with Crippen LogP contribution in [0.15, 0.2) is 65.5 Å². The summed E-state index contributed by atoms with van der Waals surface area (Å²) < 4.78 is 30.5. The standard InChI is InChI=1S/C23H25N3O5S/c1-16-9-7-8-12-19(16)26(32(29)30)14-18-13-20(27)22(21(25(18)3)23(28)24-2)31-15-17-10-5-4-6-11-17/h4-13H,14-15H2,1-3H3,(H,24,28)(H,29,30). The van der Waals surface area contributed by atoms with E-state index in [2.05, 4.69) is 5.32 Å². The highest BCUT2D eigenvalue weighted by molar-refractivity contribution is 7.80. The second-order valence-electron chi connectivity index (χ2n) is 7.14. The van der Waals surface area contributed by atoms with Crippen LogP contribution in [-0.4, -0.2) is 26.3 Å². The molecule has 0 radical (unpaired) electrons. The lowest BCUT2D eigenvalue weighted by Gasteiger charge is -2.24. The van der Waals surface area contributed by atoms with Crippen LogP contribution >= 0.6 is 0 Å². The molecular formula is C23H25N3O5S. The Morgan fingerprint density at radius 2 is 1.81 bits per heavy atom. The normalized spacial score (nSPS) is 11.6. The third kappa shape index (κ3) is 5.06. The number of anilines is 1. The minimum Gasteiger partial charge on any atom is -0.483 e. The maximum absolute atomic E-state index is 12.9. The lowest BCUT2D eigenvalue weighted by atomic mass is 10.2. The topological polar surface area (TPSA) is 101 Å². The minimum atomic E-state index is -2.35. The molecule has 0 aliphatic carbocycles. The largest absolute Gasteiger partial charge is 0.483 e. The molecule has 8 nitrogen and oxygen atoms in total. The molecule has 1 unspecified atom stereocenters. The highest BCUT2D eigenvalue weighted by Crippen LogP contribution is 2.24. The summed E-state index contributed by atoms with van der Waals surface area (Å²) in [5, 5.41) is 2.53. The van der Waals surface area contributed by atoms with Gasteiger partial charge in [0.2, 0.25) is 5.43 Å². The van der Waals surface area contributed by atoms with Crippen LogP contribution in [0.1, 0.15) is 27.3 Å². The van der Waals surface area contributed by atoms with Crippen LogP contribution in [0.2, 0.25) is 0 Å². The van der Waals surface area contributed by atoms with Crippen molar-refractivity contribution in [2.75, 3.05) is 11.4 Å². The van der Waals surface area contributed by atoms with Crippen LogP contribution in [0.4, 0.5) is 5.69 Å². The van der Waals surface area contributed by atoms with E-state index in [1.165, 1.54) is 22.0 Å². The summed E-state index contributed by atoms with van der Waals surface area (Å²) in [5.74, 6) is -0.575. The number of aromatic nitrogens is 1. The van der Waals surface area contributed by atoms with E-state index >= 15 is 0 Å². The molecular weight excluding hydrogens is 430 g/mol. The molecule has 0 spiro atoms. The van der Waals surface area contributed by atoms with E-state index < -0.39 is 22.6 Å². The molecule has 2 N–H and O–H groups in total. The third-order valence-electron chi connectivity index (χ3n) is 5.05. The number of hydrogen-bond acceptors (Lipinski definition) is 4. The highest BCUT2D eigenvalue weighted by Gasteiger charge is 2.23. The molecule has 168 valence electrons. The van der Waals surface area contributed by atoms with Gasteiger partial charge in [0.1, 0.15) is 6.61 Å². The summed E-state index contributed by atoms with van der Waals surface area (Å²) in [6.45, 7) is 1.88. The van der Waals surface area contributed by atoms with E-state index in [0.717, 1.165) is 11.1 Å². The number of nitrogens with one attached hydrogen (secondary N) is 1.